The maximum atomic E-state index is 12.1. The highest BCUT2D eigenvalue weighted by Gasteiger charge is 2.54. The second kappa shape index (κ2) is 5.86. The molecule has 1 aliphatic carbocycles. The molecule has 4 rings (SSSR count). The van der Waals surface area contributed by atoms with Crippen LogP contribution in [0.2, 0.25) is 0 Å². The summed E-state index contributed by atoms with van der Waals surface area (Å²) in [5, 5.41) is 9.96. The number of aromatic nitrogens is 2. The monoisotopic (exact) mass is 353 g/mol. The minimum absolute atomic E-state index is 0.220. The Hall–Kier alpha value is -2.30. The molecule has 0 bridgehead atoms. The van der Waals surface area contributed by atoms with Crippen LogP contribution in [0.5, 0.6) is 0 Å². The number of hydrogen-bond donors (Lipinski definition) is 1. The predicted molar refractivity (Wildman–Crippen MR) is 101 cm³/mol. The zero-order chi connectivity index (χ0) is 18.5. The Labute approximate surface area is 154 Å². The summed E-state index contributed by atoms with van der Waals surface area (Å²) in [6, 6.07) is 8.84. The fourth-order valence-corrected chi connectivity index (χ4v) is 4.77. The van der Waals surface area contributed by atoms with Gasteiger partial charge in [-0.05, 0) is 36.7 Å². The van der Waals surface area contributed by atoms with Crippen molar-refractivity contribution < 1.29 is 9.90 Å². The number of likely N-dealkylation sites (tertiary alicyclic amines) is 1. The van der Waals surface area contributed by atoms with Crippen LogP contribution in [0.4, 0.5) is 4.79 Å². The minimum atomic E-state index is -0.831. The van der Waals surface area contributed by atoms with Crippen molar-refractivity contribution >= 4 is 6.09 Å². The molecule has 1 aliphatic heterocycles. The number of rotatable bonds is 3. The fraction of sp³-hybridized carbons (Fsp3) is 0.524. The fourth-order valence-electron chi connectivity index (χ4n) is 4.77. The highest BCUT2D eigenvalue weighted by Crippen LogP contribution is 2.54. The number of nitrogens with zero attached hydrogens (tertiary/aromatic N) is 3. The van der Waals surface area contributed by atoms with E-state index in [0.29, 0.717) is 12.6 Å². The number of imidazole rings is 1. The molecule has 1 amide bonds. The van der Waals surface area contributed by atoms with Gasteiger partial charge in [-0.15, -0.1) is 0 Å². The Balaban J connectivity index is 1.94. The van der Waals surface area contributed by atoms with Crippen molar-refractivity contribution in [3.8, 4) is 11.3 Å². The molecule has 1 N–H and O–H groups in total. The third-order valence-electron chi connectivity index (χ3n) is 6.11. The summed E-state index contributed by atoms with van der Waals surface area (Å²) in [5.41, 5.74) is 2.56. The topological polar surface area (TPSA) is 58.4 Å². The molecular formula is C21H27N3O2. The summed E-state index contributed by atoms with van der Waals surface area (Å²) in [6.45, 7) is 7.05. The van der Waals surface area contributed by atoms with Crippen LogP contribution in [0.3, 0.4) is 0 Å². The third kappa shape index (κ3) is 2.44. The van der Waals surface area contributed by atoms with Crippen LogP contribution in [0.25, 0.3) is 11.3 Å². The summed E-state index contributed by atoms with van der Waals surface area (Å²) in [7, 11) is 0. The van der Waals surface area contributed by atoms with Crippen LogP contribution in [0.15, 0.2) is 36.8 Å². The van der Waals surface area contributed by atoms with Gasteiger partial charge in [0.2, 0.25) is 0 Å². The Bertz CT molecular complexity index is 832. The average Bonchev–Trinajstić information content (AvgIpc) is 3.13. The molecule has 2 fully saturated rings. The van der Waals surface area contributed by atoms with Crippen LogP contribution in [0.1, 0.15) is 58.1 Å². The Morgan fingerprint density at radius 1 is 1.27 bits per heavy atom. The smallest absolute Gasteiger partial charge is 0.408 e. The maximum Gasteiger partial charge on any atom is 0.408 e. The van der Waals surface area contributed by atoms with Crippen molar-refractivity contribution in [3.63, 3.8) is 0 Å². The lowest BCUT2D eigenvalue weighted by atomic mass is 9.66. The van der Waals surface area contributed by atoms with Gasteiger partial charge in [-0.3, -0.25) is 4.90 Å². The van der Waals surface area contributed by atoms with Crippen molar-refractivity contribution in [2.75, 3.05) is 6.54 Å². The zero-order valence-corrected chi connectivity index (χ0v) is 15.8. The van der Waals surface area contributed by atoms with Gasteiger partial charge < -0.3 is 9.67 Å². The zero-order valence-electron chi connectivity index (χ0n) is 15.8. The van der Waals surface area contributed by atoms with Gasteiger partial charge in [0.1, 0.15) is 0 Å². The molecule has 138 valence electrons. The highest BCUT2D eigenvalue weighted by atomic mass is 16.4. The second-order valence-electron chi connectivity index (χ2n) is 8.61. The first-order valence-electron chi connectivity index (χ1n) is 9.48. The van der Waals surface area contributed by atoms with E-state index >= 15 is 0 Å². The van der Waals surface area contributed by atoms with Gasteiger partial charge >= 0.3 is 6.09 Å². The van der Waals surface area contributed by atoms with Crippen LogP contribution < -0.4 is 0 Å². The van der Waals surface area contributed by atoms with Gasteiger partial charge in [-0.25, -0.2) is 9.78 Å². The summed E-state index contributed by atoms with van der Waals surface area (Å²) < 4.78 is 2.26. The van der Waals surface area contributed by atoms with Crippen molar-refractivity contribution in [3.05, 3.63) is 42.4 Å². The lowest BCUT2D eigenvalue weighted by molar-refractivity contribution is 0.0280. The van der Waals surface area contributed by atoms with E-state index < -0.39 is 11.6 Å². The van der Waals surface area contributed by atoms with Gasteiger partial charge in [-0.1, -0.05) is 45.0 Å². The first-order chi connectivity index (χ1) is 12.4. The Morgan fingerprint density at radius 2 is 2.00 bits per heavy atom. The Morgan fingerprint density at radius 3 is 2.65 bits per heavy atom. The number of benzene rings is 1. The normalized spacial score (nSPS) is 23.4. The molecule has 1 aromatic heterocycles. The van der Waals surface area contributed by atoms with Crippen LogP contribution in [-0.2, 0) is 5.54 Å². The molecule has 1 saturated heterocycles. The first kappa shape index (κ1) is 17.1. The van der Waals surface area contributed by atoms with Gasteiger partial charge in [0, 0.05) is 18.2 Å². The lowest BCUT2D eigenvalue weighted by Crippen LogP contribution is -2.53. The summed E-state index contributed by atoms with van der Waals surface area (Å²) in [4.78, 5) is 18.2. The standard InChI is InChI=1S/C21H27N3O2/c1-20(2,3)21(11-6-12-24(21)19(25)26)17-8-5-4-7-16(17)18-13-22-14-23(18)15-9-10-15/h4-5,7-8,13-15H,6,9-12H2,1-3H3,(H,25,26). The number of hydrogen-bond acceptors (Lipinski definition) is 2. The van der Waals surface area contributed by atoms with E-state index in [0.717, 1.165) is 29.7 Å². The van der Waals surface area contributed by atoms with E-state index in [1.807, 2.05) is 24.7 Å². The van der Waals surface area contributed by atoms with E-state index in [2.05, 4.69) is 42.5 Å². The molecule has 26 heavy (non-hydrogen) atoms. The van der Waals surface area contributed by atoms with E-state index in [1.165, 1.54) is 12.8 Å². The van der Waals surface area contributed by atoms with E-state index in [9.17, 15) is 9.90 Å². The van der Waals surface area contributed by atoms with E-state index in [-0.39, 0.29) is 5.41 Å². The minimum Gasteiger partial charge on any atom is -0.465 e. The number of carbonyl (C=O) groups is 1. The quantitative estimate of drug-likeness (QED) is 0.854. The average molecular weight is 353 g/mol. The van der Waals surface area contributed by atoms with Crippen molar-refractivity contribution in [1.29, 1.82) is 0 Å². The van der Waals surface area contributed by atoms with Crippen LogP contribution in [0, 0.1) is 5.41 Å². The Kier molecular flexibility index (Phi) is 3.86. The highest BCUT2D eigenvalue weighted by molar-refractivity contribution is 5.71. The molecule has 1 saturated carbocycles. The van der Waals surface area contributed by atoms with Crippen LogP contribution in [-0.4, -0.2) is 32.2 Å². The molecular weight excluding hydrogens is 326 g/mol. The predicted octanol–water partition coefficient (Wildman–Crippen LogP) is 4.90. The second-order valence-corrected chi connectivity index (χ2v) is 8.61. The lowest BCUT2D eigenvalue weighted by Gasteiger charge is -2.48. The van der Waals surface area contributed by atoms with Gasteiger partial charge in [0.15, 0.2) is 0 Å². The van der Waals surface area contributed by atoms with Gasteiger partial charge in [0.05, 0.1) is 23.8 Å². The molecule has 0 spiro atoms. The van der Waals surface area contributed by atoms with Gasteiger partial charge in [-0.2, -0.15) is 0 Å². The third-order valence-corrected chi connectivity index (χ3v) is 6.11. The van der Waals surface area contributed by atoms with E-state index in [4.69, 9.17) is 0 Å². The molecule has 1 unspecified atom stereocenters. The summed E-state index contributed by atoms with van der Waals surface area (Å²) in [5.74, 6) is 0. The molecule has 0 radical (unpaired) electrons. The van der Waals surface area contributed by atoms with Crippen LogP contribution >= 0.6 is 0 Å². The summed E-state index contributed by atoms with van der Waals surface area (Å²) in [6.07, 6.45) is 7.12. The van der Waals surface area contributed by atoms with Crippen molar-refractivity contribution in [1.82, 2.24) is 14.5 Å². The van der Waals surface area contributed by atoms with Gasteiger partial charge in [0.25, 0.3) is 0 Å². The molecule has 2 heterocycles. The number of carboxylic acid groups (broad SMARTS) is 1. The van der Waals surface area contributed by atoms with Crippen molar-refractivity contribution in [2.24, 2.45) is 5.41 Å². The van der Waals surface area contributed by atoms with E-state index in [1.54, 1.807) is 4.90 Å². The maximum absolute atomic E-state index is 12.1. The summed E-state index contributed by atoms with van der Waals surface area (Å²) >= 11 is 0. The molecule has 5 heteroatoms. The SMILES string of the molecule is CC(C)(C)C1(c2ccccc2-c2cncn2C2CC2)CCCN1C(=O)O. The van der Waals surface area contributed by atoms with Crippen molar-refractivity contribution in [2.45, 2.75) is 58.0 Å². The number of amides is 1. The molecule has 2 aliphatic rings. The largest absolute Gasteiger partial charge is 0.465 e. The molecule has 1 atom stereocenters. The molecule has 1 aromatic carbocycles. The molecule has 2 aromatic rings. The first-order valence-corrected chi connectivity index (χ1v) is 9.48. The molecule has 5 nitrogen and oxygen atoms in total.